The summed E-state index contributed by atoms with van der Waals surface area (Å²) < 4.78 is 4.17. The van der Waals surface area contributed by atoms with Gasteiger partial charge in [-0.15, -0.1) is 10.2 Å². The van der Waals surface area contributed by atoms with Gasteiger partial charge in [0, 0.05) is 24.7 Å². The molecule has 2 aromatic heterocycles. The molecule has 148 valence electrons. The number of nitrogens with one attached hydrogen (secondary N) is 1. The molecule has 2 fully saturated rings. The predicted octanol–water partition coefficient (Wildman–Crippen LogP) is 3.83. The molecule has 8 heteroatoms. The molecule has 0 radical (unpaired) electrons. The molecule has 0 spiro atoms. The number of thioether (sulfide) groups is 1. The average Bonchev–Trinajstić information content (AvgIpc) is 3.15. The van der Waals surface area contributed by atoms with E-state index in [2.05, 4.69) is 26.2 Å². The van der Waals surface area contributed by atoms with Crippen LogP contribution in [0.3, 0.4) is 0 Å². The summed E-state index contributed by atoms with van der Waals surface area (Å²) in [5.41, 5.74) is 2.62. The summed E-state index contributed by atoms with van der Waals surface area (Å²) >= 11 is 1.39. The molecule has 0 aliphatic heterocycles. The zero-order valence-corrected chi connectivity index (χ0v) is 17.5. The second kappa shape index (κ2) is 7.63. The first-order chi connectivity index (χ1) is 13.5. The number of hydrogen-bond acceptors (Lipinski definition) is 5. The van der Waals surface area contributed by atoms with E-state index in [1.807, 2.05) is 25.5 Å². The zero-order chi connectivity index (χ0) is 19.8. The Bertz CT molecular complexity index is 943. The summed E-state index contributed by atoms with van der Waals surface area (Å²) in [6.45, 7) is 4.00. The number of carbonyl (C=O) groups is 1. The molecule has 2 heterocycles. The molecule has 0 unspecified atom stereocenters. The SMILES string of the molecule is Cc1c(C#N)c(NC(=O)CSc2nnc(C3CC3)n2C)n(C2CCCC2)c1C. The Morgan fingerprint density at radius 3 is 2.61 bits per heavy atom. The molecule has 0 saturated heterocycles. The highest BCUT2D eigenvalue weighted by Crippen LogP contribution is 2.40. The van der Waals surface area contributed by atoms with Gasteiger partial charge in [0.1, 0.15) is 17.7 Å². The van der Waals surface area contributed by atoms with Crippen LogP contribution in [-0.4, -0.2) is 31.0 Å². The lowest BCUT2D eigenvalue weighted by Gasteiger charge is -2.19. The van der Waals surface area contributed by atoms with Gasteiger partial charge in [-0.05, 0) is 45.1 Å². The fraction of sp³-hybridized carbons (Fsp3) is 0.600. The highest BCUT2D eigenvalue weighted by atomic mass is 32.2. The van der Waals surface area contributed by atoms with Crippen molar-refractivity contribution in [2.45, 2.75) is 69.5 Å². The summed E-state index contributed by atoms with van der Waals surface area (Å²) in [4.78, 5) is 12.7. The van der Waals surface area contributed by atoms with E-state index in [1.165, 1.54) is 37.4 Å². The summed E-state index contributed by atoms with van der Waals surface area (Å²) in [5, 5.41) is 21.9. The van der Waals surface area contributed by atoms with E-state index < -0.39 is 0 Å². The van der Waals surface area contributed by atoms with Crippen LogP contribution in [-0.2, 0) is 11.8 Å². The quantitative estimate of drug-likeness (QED) is 0.747. The number of hydrogen-bond donors (Lipinski definition) is 1. The molecule has 0 aromatic carbocycles. The van der Waals surface area contributed by atoms with Crippen LogP contribution >= 0.6 is 11.8 Å². The van der Waals surface area contributed by atoms with Crippen LogP contribution in [0.5, 0.6) is 0 Å². The van der Waals surface area contributed by atoms with Crippen LogP contribution in [0, 0.1) is 25.2 Å². The van der Waals surface area contributed by atoms with Crippen molar-refractivity contribution in [3.05, 3.63) is 22.6 Å². The van der Waals surface area contributed by atoms with Crippen molar-refractivity contribution in [3.8, 4) is 6.07 Å². The summed E-state index contributed by atoms with van der Waals surface area (Å²) in [6.07, 6.45) is 6.93. The molecule has 0 bridgehead atoms. The lowest BCUT2D eigenvalue weighted by atomic mass is 10.2. The lowest BCUT2D eigenvalue weighted by Crippen LogP contribution is -2.20. The van der Waals surface area contributed by atoms with Crippen LogP contribution < -0.4 is 5.32 Å². The molecule has 2 aromatic rings. The molecule has 1 N–H and O–H groups in total. The maximum Gasteiger partial charge on any atom is 0.235 e. The van der Waals surface area contributed by atoms with E-state index in [-0.39, 0.29) is 11.7 Å². The Kier molecular flexibility index (Phi) is 5.19. The molecule has 2 aliphatic carbocycles. The Morgan fingerprint density at radius 1 is 1.25 bits per heavy atom. The van der Waals surface area contributed by atoms with Crippen molar-refractivity contribution in [1.29, 1.82) is 5.26 Å². The average molecular weight is 399 g/mol. The Hall–Kier alpha value is -2.27. The van der Waals surface area contributed by atoms with E-state index in [1.54, 1.807) is 0 Å². The van der Waals surface area contributed by atoms with E-state index in [0.717, 1.165) is 35.1 Å². The van der Waals surface area contributed by atoms with Gasteiger partial charge in [0.25, 0.3) is 0 Å². The number of carbonyl (C=O) groups excluding carboxylic acids is 1. The molecule has 2 saturated carbocycles. The topological polar surface area (TPSA) is 88.5 Å². The summed E-state index contributed by atoms with van der Waals surface area (Å²) in [6, 6.07) is 2.66. The van der Waals surface area contributed by atoms with Gasteiger partial charge < -0.3 is 14.5 Å². The van der Waals surface area contributed by atoms with Crippen molar-refractivity contribution in [3.63, 3.8) is 0 Å². The molecule has 1 amide bonds. The van der Waals surface area contributed by atoms with E-state index in [9.17, 15) is 10.1 Å². The minimum atomic E-state index is -0.116. The van der Waals surface area contributed by atoms with E-state index in [4.69, 9.17) is 0 Å². The van der Waals surface area contributed by atoms with Crippen molar-refractivity contribution in [2.24, 2.45) is 7.05 Å². The molecular weight excluding hydrogens is 372 g/mol. The van der Waals surface area contributed by atoms with Crippen LogP contribution in [0.4, 0.5) is 5.82 Å². The third kappa shape index (κ3) is 3.44. The first-order valence-corrected chi connectivity index (χ1v) is 10.9. The number of aromatic nitrogens is 4. The third-order valence-electron chi connectivity index (χ3n) is 5.96. The van der Waals surface area contributed by atoms with Crippen LogP contribution in [0.1, 0.15) is 73.1 Å². The van der Waals surface area contributed by atoms with Gasteiger partial charge in [0.15, 0.2) is 5.16 Å². The van der Waals surface area contributed by atoms with Gasteiger partial charge in [0.2, 0.25) is 5.91 Å². The Labute approximate surface area is 169 Å². The minimum Gasteiger partial charge on any atom is -0.327 e. The number of rotatable bonds is 6. The van der Waals surface area contributed by atoms with Gasteiger partial charge >= 0.3 is 0 Å². The number of amides is 1. The fourth-order valence-corrected chi connectivity index (χ4v) is 4.87. The van der Waals surface area contributed by atoms with Crippen molar-refractivity contribution in [2.75, 3.05) is 11.1 Å². The molecule has 28 heavy (non-hydrogen) atoms. The fourth-order valence-electron chi connectivity index (χ4n) is 4.15. The van der Waals surface area contributed by atoms with Gasteiger partial charge in [-0.25, -0.2) is 0 Å². The van der Waals surface area contributed by atoms with Crippen LogP contribution in [0.15, 0.2) is 5.16 Å². The van der Waals surface area contributed by atoms with Crippen molar-refractivity contribution >= 4 is 23.5 Å². The van der Waals surface area contributed by atoms with Gasteiger partial charge in [-0.2, -0.15) is 5.26 Å². The normalized spacial score (nSPS) is 17.1. The first-order valence-electron chi connectivity index (χ1n) is 9.94. The zero-order valence-electron chi connectivity index (χ0n) is 16.7. The number of nitriles is 1. The number of nitrogens with zero attached hydrogens (tertiary/aromatic N) is 5. The maximum atomic E-state index is 12.7. The third-order valence-corrected chi connectivity index (χ3v) is 6.98. The predicted molar refractivity (Wildman–Crippen MR) is 108 cm³/mol. The highest BCUT2D eigenvalue weighted by molar-refractivity contribution is 7.99. The maximum absolute atomic E-state index is 12.7. The second-order valence-electron chi connectivity index (χ2n) is 7.87. The second-order valence-corrected chi connectivity index (χ2v) is 8.81. The molecular formula is C20H26N6OS. The van der Waals surface area contributed by atoms with Crippen molar-refractivity contribution < 1.29 is 4.79 Å². The Morgan fingerprint density at radius 2 is 1.96 bits per heavy atom. The van der Waals surface area contributed by atoms with E-state index >= 15 is 0 Å². The van der Waals surface area contributed by atoms with Crippen molar-refractivity contribution in [1.82, 2.24) is 19.3 Å². The van der Waals surface area contributed by atoms with Crippen LogP contribution in [0.2, 0.25) is 0 Å². The van der Waals surface area contributed by atoms with Gasteiger partial charge in [0.05, 0.1) is 11.3 Å². The standard InChI is InChI=1S/C20H26N6OS/c1-12-13(2)26(15-6-4-5-7-15)19(16(12)10-21)22-17(27)11-28-20-24-23-18(25(20)3)14-8-9-14/h14-15H,4-9,11H2,1-3H3,(H,22,27). The largest absolute Gasteiger partial charge is 0.327 e. The first kappa shape index (κ1) is 19.1. The monoisotopic (exact) mass is 398 g/mol. The molecule has 4 rings (SSSR count). The molecule has 7 nitrogen and oxygen atoms in total. The smallest absolute Gasteiger partial charge is 0.235 e. The Balaban J connectivity index is 1.49. The van der Waals surface area contributed by atoms with E-state index in [0.29, 0.717) is 23.3 Å². The minimum absolute atomic E-state index is 0.116. The summed E-state index contributed by atoms with van der Waals surface area (Å²) in [5.74, 6) is 2.33. The summed E-state index contributed by atoms with van der Waals surface area (Å²) in [7, 11) is 1.96. The van der Waals surface area contributed by atoms with Gasteiger partial charge in [-0.3, -0.25) is 4.79 Å². The highest BCUT2D eigenvalue weighted by Gasteiger charge is 2.30. The number of anilines is 1. The van der Waals surface area contributed by atoms with Gasteiger partial charge in [-0.1, -0.05) is 24.6 Å². The van der Waals surface area contributed by atoms with Crippen LogP contribution in [0.25, 0.3) is 0 Å². The molecule has 2 aliphatic rings. The molecule has 0 atom stereocenters. The lowest BCUT2D eigenvalue weighted by molar-refractivity contribution is -0.113.